The van der Waals surface area contributed by atoms with Crippen LogP contribution in [0.3, 0.4) is 0 Å². The van der Waals surface area contributed by atoms with Crippen molar-refractivity contribution < 1.29 is 13.6 Å². The van der Waals surface area contributed by atoms with E-state index >= 15 is 0 Å². The van der Waals surface area contributed by atoms with Crippen LogP contribution in [-0.4, -0.2) is 10.2 Å². The molecule has 2 nitrogen and oxygen atoms in total. The first-order chi connectivity index (χ1) is 6.00. The molecule has 1 aromatic rings. The molecule has 0 aliphatic heterocycles. The molecule has 6 heteroatoms. The maximum absolute atomic E-state index is 12.2. The van der Waals surface area contributed by atoms with Gasteiger partial charge in [-0.2, -0.15) is 0 Å². The number of aromatic nitrogens is 1. The highest BCUT2D eigenvalue weighted by Gasteiger charge is 2.13. The van der Waals surface area contributed by atoms with Crippen LogP contribution < -0.4 is 0 Å². The summed E-state index contributed by atoms with van der Waals surface area (Å²) in [5, 5.41) is -0.787. The third-order valence-corrected chi connectivity index (χ3v) is 1.89. The molecule has 0 bridgehead atoms. The molecule has 13 heavy (non-hydrogen) atoms. The van der Waals surface area contributed by atoms with Gasteiger partial charge in [0.15, 0.2) is 0 Å². The highest BCUT2D eigenvalue weighted by atomic mass is 79.9. The highest BCUT2D eigenvalue weighted by Crippen LogP contribution is 2.21. The molecule has 1 aromatic heterocycles. The van der Waals surface area contributed by atoms with Crippen molar-refractivity contribution in [2.45, 2.75) is 6.43 Å². The van der Waals surface area contributed by atoms with Gasteiger partial charge in [-0.15, -0.1) is 0 Å². The maximum Gasteiger partial charge on any atom is 0.280 e. The van der Waals surface area contributed by atoms with E-state index in [0.29, 0.717) is 0 Å². The molecule has 0 saturated carbocycles. The molecule has 1 heterocycles. The fourth-order valence-electron chi connectivity index (χ4n) is 0.742. The maximum atomic E-state index is 12.2. The second-order valence-electron chi connectivity index (χ2n) is 2.18. The highest BCUT2D eigenvalue weighted by molar-refractivity contribution is 9.10. The molecule has 0 saturated heterocycles. The molecule has 0 atom stereocenters. The van der Waals surface area contributed by atoms with Gasteiger partial charge in [-0.25, -0.2) is 13.8 Å². The van der Waals surface area contributed by atoms with Gasteiger partial charge < -0.3 is 0 Å². The van der Waals surface area contributed by atoms with E-state index < -0.39 is 17.4 Å². The summed E-state index contributed by atoms with van der Waals surface area (Å²) < 4.78 is 24.5. The quantitative estimate of drug-likeness (QED) is 0.610. The number of rotatable bonds is 2. The summed E-state index contributed by atoms with van der Waals surface area (Å²) in [6.07, 6.45) is -2.72. The van der Waals surface area contributed by atoms with Crippen LogP contribution in [0.4, 0.5) is 8.78 Å². The summed E-state index contributed by atoms with van der Waals surface area (Å²) in [6, 6.07) is 2.24. The lowest BCUT2D eigenvalue weighted by atomic mass is 10.2. The monoisotopic (exact) mass is 269 g/mol. The van der Waals surface area contributed by atoms with Crippen LogP contribution in [-0.2, 0) is 0 Å². The number of carbonyl (C=O) groups excluding carboxylic acids is 1. The zero-order valence-electron chi connectivity index (χ0n) is 6.10. The van der Waals surface area contributed by atoms with E-state index in [1.165, 1.54) is 6.07 Å². The third kappa shape index (κ3) is 2.70. The summed E-state index contributed by atoms with van der Waals surface area (Å²) in [7, 11) is 0. The molecule has 0 fully saturated rings. The Kier molecular flexibility index (Phi) is 3.33. The Morgan fingerprint density at radius 1 is 1.54 bits per heavy atom. The zero-order valence-corrected chi connectivity index (χ0v) is 8.44. The van der Waals surface area contributed by atoms with Crippen molar-refractivity contribution in [2.75, 3.05) is 0 Å². The molecule has 0 amide bonds. The fourth-order valence-corrected chi connectivity index (χ4v) is 1.30. The Balaban J connectivity index is 3.19. The Hall–Kier alpha value is -0.550. The van der Waals surface area contributed by atoms with Crippen molar-refractivity contribution in [3.63, 3.8) is 0 Å². The SMILES string of the molecule is O=C(Cl)c1cc(Br)nc(C(F)F)c1. The topological polar surface area (TPSA) is 30.0 Å². The van der Waals surface area contributed by atoms with Crippen molar-refractivity contribution in [3.05, 3.63) is 28.0 Å². The van der Waals surface area contributed by atoms with Crippen molar-refractivity contribution in [2.24, 2.45) is 0 Å². The van der Waals surface area contributed by atoms with E-state index in [1.54, 1.807) is 0 Å². The van der Waals surface area contributed by atoms with Crippen LogP contribution in [0.1, 0.15) is 22.5 Å². The lowest BCUT2D eigenvalue weighted by molar-refractivity contribution is 0.108. The lowest BCUT2D eigenvalue weighted by Gasteiger charge is -2.01. The van der Waals surface area contributed by atoms with Crippen LogP contribution in [0.15, 0.2) is 16.7 Å². The van der Waals surface area contributed by atoms with E-state index in [0.717, 1.165) is 6.07 Å². The number of alkyl halides is 2. The number of hydrogen-bond donors (Lipinski definition) is 0. The number of halogens is 4. The molecule has 0 unspecified atom stereocenters. The van der Waals surface area contributed by atoms with Crippen LogP contribution in [0.2, 0.25) is 0 Å². The van der Waals surface area contributed by atoms with Gasteiger partial charge >= 0.3 is 0 Å². The minimum Gasteiger partial charge on any atom is -0.276 e. The predicted octanol–water partition coefficient (Wildman–Crippen LogP) is 3.16. The second-order valence-corrected chi connectivity index (χ2v) is 3.33. The van der Waals surface area contributed by atoms with Gasteiger partial charge in [0.1, 0.15) is 10.3 Å². The van der Waals surface area contributed by atoms with E-state index in [-0.39, 0.29) is 10.2 Å². The minimum atomic E-state index is -2.72. The van der Waals surface area contributed by atoms with Crippen LogP contribution in [0.25, 0.3) is 0 Å². The minimum absolute atomic E-state index is 0.00107. The van der Waals surface area contributed by atoms with E-state index in [1.807, 2.05) is 0 Å². The molecular formula is C7H3BrClF2NO. The Morgan fingerprint density at radius 2 is 2.15 bits per heavy atom. The number of hydrogen-bond acceptors (Lipinski definition) is 2. The number of nitrogens with zero attached hydrogens (tertiary/aromatic N) is 1. The second kappa shape index (κ2) is 4.11. The van der Waals surface area contributed by atoms with Gasteiger partial charge in [-0.3, -0.25) is 4.79 Å². The summed E-state index contributed by atoms with van der Waals surface area (Å²) >= 11 is 8.01. The summed E-state index contributed by atoms with van der Waals surface area (Å²) in [5.41, 5.74) is -0.475. The third-order valence-electron chi connectivity index (χ3n) is 1.26. The van der Waals surface area contributed by atoms with Crippen LogP contribution in [0, 0.1) is 0 Å². The molecule has 0 radical (unpaired) electrons. The molecule has 0 aliphatic carbocycles. The number of carbonyl (C=O) groups is 1. The van der Waals surface area contributed by atoms with Crippen LogP contribution >= 0.6 is 27.5 Å². The summed E-state index contributed by atoms with van der Waals surface area (Å²) in [6.45, 7) is 0. The average molecular weight is 270 g/mol. The van der Waals surface area contributed by atoms with Gasteiger partial charge in [0.25, 0.3) is 11.7 Å². The molecule has 0 aromatic carbocycles. The normalized spacial score (nSPS) is 10.5. The standard InChI is InChI=1S/C7H3BrClF2NO/c8-5-2-3(6(9)13)1-4(12-5)7(10)11/h1-2,7H. The Labute approximate surface area is 86.0 Å². The fraction of sp³-hybridized carbons (Fsp3) is 0.143. The van der Waals surface area contributed by atoms with Crippen molar-refractivity contribution in [1.82, 2.24) is 4.98 Å². The first kappa shape index (κ1) is 10.5. The molecule has 1 rings (SSSR count). The van der Waals surface area contributed by atoms with Gasteiger partial charge in [0.2, 0.25) is 0 Å². The molecule has 0 spiro atoms. The smallest absolute Gasteiger partial charge is 0.276 e. The van der Waals surface area contributed by atoms with Crippen molar-refractivity contribution in [3.8, 4) is 0 Å². The largest absolute Gasteiger partial charge is 0.280 e. The number of pyridine rings is 1. The van der Waals surface area contributed by atoms with Gasteiger partial charge in [-0.05, 0) is 39.7 Å². The Morgan fingerprint density at radius 3 is 2.62 bits per heavy atom. The van der Waals surface area contributed by atoms with Crippen molar-refractivity contribution >= 4 is 32.8 Å². The van der Waals surface area contributed by atoms with Crippen molar-refractivity contribution in [1.29, 1.82) is 0 Å². The first-order valence-electron chi connectivity index (χ1n) is 3.16. The predicted molar refractivity (Wildman–Crippen MR) is 47.1 cm³/mol. The molecule has 0 N–H and O–H groups in total. The molecule has 0 aliphatic rings. The van der Waals surface area contributed by atoms with Gasteiger partial charge in [0, 0.05) is 5.56 Å². The Bertz CT molecular complexity index is 345. The van der Waals surface area contributed by atoms with E-state index in [2.05, 4.69) is 20.9 Å². The van der Waals surface area contributed by atoms with E-state index in [9.17, 15) is 13.6 Å². The average Bonchev–Trinajstić information content (AvgIpc) is 2.03. The van der Waals surface area contributed by atoms with E-state index in [4.69, 9.17) is 11.6 Å². The summed E-state index contributed by atoms with van der Waals surface area (Å²) in [4.78, 5) is 14.1. The zero-order chi connectivity index (χ0) is 10.0. The lowest BCUT2D eigenvalue weighted by Crippen LogP contribution is -1.96. The molecular weight excluding hydrogens is 267 g/mol. The van der Waals surface area contributed by atoms with Crippen LogP contribution in [0.5, 0.6) is 0 Å². The van der Waals surface area contributed by atoms with Gasteiger partial charge in [0.05, 0.1) is 0 Å². The summed E-state index contributed by atoms with van der Waals surface area (Å²) in [5.74, 6) is 0. The molecule has 70 valence electrons. The first-order valence-corrected chi connectivity index (χ1v) is 4.33. The van der Waals surface area contributed by atoms with Gasteiger partial charge in [-0.1, -0.05) is 0 Å².